The van der Waals surface area contributed by atoms with Crippen LogP contribution in [0.25, 0.3) is 0 Å². The van der Waals surface area contributed by atoms with Crippen molar-refractivity contribution >= 4 is 11.6 Å². The number of hydrogen-bond donors (Lipinski definition) is 1. The molecule has 0 bridgehead atoms. The summed E-state index contributed by atoms with van der Waals surface area (Å²) in [5, 5.41) is 0.756. The fraction of sp³-hybridized carbons (Fsp3) is 0.625. The minimum Gasteiger partial charge on any atom is -0.383 e. The highest BCUT2D eigenvalue weighted by molar-refractivity contribution is 6.30. The van der Waals surface area contributed by atoms with Crippen LogP contribution in [0.2, 0.25) is 5.02 Å². The lowest BCUT2D eigenvalue weighted by Crippen LogP contribution is -2.45. The molecule has 1 aromatic rings. The zero-order valence-corrected chi connectivity index (χ0v) is 13.7. The van der Waals surface area contributed by atoms with E-state index in [-0.39, 0.29) is 12.1 Å². The number of methoxy groups -OCH3 is 1. The van der Waals surface area contributed by atoms with E-state index >= 15 is 0 Å². The molecule has 0 heterocycles. The van der Waals surface area contributed by atoms with E-state index in [2.05, 4.69) is 31.7 Å². The molecule has 2 atom stereocenters. The second-order valence-electron chi connectivity index (χ2n) is 5.40. The summed E-state index contributed by atoms with van der Waals surface area (Å²) in [6.07, 6.45) is 0.924. The molecule has 3 nitrogen and oxygen atoms in total. The molecule has 2 N–H and O–H groups in total. The molecular weight excluding hydrogens is 272 g/mol. The molecule has 114 valence electrons. The molecule has 0 amide bonds. The van der Waals surface area contributed by atoms with Crippen molar-refractivity contribution in [1.82, 2.24) is 4.90 Å². The molecule has 0 aliphatic heterocycles. The van der Waals surface area contributed by atoms with Gasteiger partial charge in [-0.25, -0.2) is 0 Å². The van der Waals surface area contributed by atoms with Gasteiger partial charge in [-0.05, 0) is 38.0 Å². The summed E-state index contributed by atoms with van der Waals surface area (Å²) in [6, 6.07) is 8.64. The second kappa shape index (κ2) is 8.63. The van der Waals surface area contributed by atoms with E-state index in [0.717, 1.165) is 18.0 Å². The summed E-state index contributed by atoms with van der Waals surface area (Å²) < 4.78 is 5.24. The summed E-state index contributed by atoms with van der Waals surface area (Å²) in [5.74, 6) is 0. The maximum Gasteiger partial charge on any atom is 0.0590 e. The van der Waals surface area contributed by atoms with Gasteiger partial charge in [0.25, 0.3) is 0 Å². The summed E-state index contributed by atoms with van der Waals surface area (Å²) >= 11 is 6.14. The van der Waals surface area contributed by atoms with Crippen molar-refractivity contribution in [2.24, 2.45) is 5.73 Å². The molecule has 1 rings (SSSR count). The Kier molecular flexibility index (Phi) is 7.52. The Morgan fingerprint density at radius 1 is 1.35 bits per heavy atom. The van der Waals surface area contributed by atoms with Crippen molar-refractivity contribution in [3.63, 3.8) is 0 Å². The third kappa shape index (κ3) is 4.74. The summed E-state index contributed by atoms with van der Waals surface area (Å²) in [7, 11) is 1.73. The minimum absolute atomic E-state index is 0.0766. The number of benzene rings is 1. The van der Waals surface area contributed by atoms with E-state index in [1.165, 1.54) is 5.56 Å². The maximum atomic E-state index is 6.38. The molecule has 0 saturated carbocycles. The predicted octanol–water partition coefficient (Wildman–Crippen LogP) is 3.48. The third-order valence-electron chi connectivity index (χ3n) is 3.64. The van der Waals surface area contributed by atoms with Gasteiger partial charge in [-0.2, -0.15) is 0 Å². The number of ether oxygens (including phenoxy) is 1. The van der Waals surface area contributed by atoms with Crippen LogP contribution in [-0.2, 0) is 4.74 Å². The monoisotopic (exact) mass is 298 g/mol. The highest BCUT2D eigenvalue weighted by Gasteiger charge is 2.27. The molecular formula is C16H27ClN2O. The number of nitrogens with two attached hydrogens (primary N) is 1. The normalized spacial score (nSPS) is 14.8. The van der Waals surface area contributed by atoms with Gasteiger partial charge in [-0.1, -0.05) is 30.7 Å². The standard InChI is InChI=1S/C16H27ClN2O/c1-5-15(18)16(13-7-6-8-14(17)11-13)19(12(2)3)9-10-20-4/h6-8,11-12,15-16H,5,9-10,18H2,1-4H3. The van der Waals surface area contributed by atoms with E-state index in [9.17, 15) is 0 Å². The third-order valence-corrected chi connectivity index (χ3v) is 3.88. The van der Waals surface area contributed by atoms with Crippen molar-refractivity contribution in [2.45, 2.75) is 45.3 Å². The fourth-order valence-electron chi connectivity index (χ4n) is 2.51. The van der Waals surface area contributed by atoms with E-state index in [1.807, 2.05) is 18.2 Å². The van der Waals surface area contributed by atoms with Crippen LogP contribution in [0.3, 0.4) is 0 Å². The van der Waals surface area contributed by atoms with Crippen molar-refractivity contribution in [1.29, 1.82) is 0 Å². The van der Waals surface area contributed by atoms with E-state index < -0.39 is 0 Å². The van der Waals surface area contributed by atoms with Gasteiger partial charge in [0, 0.05) is 30.8 Å². The summed E-state index contributed by atoms with van der Waals surface area (Å²) in [4.78, 5) is 2.39. The van der Waals surface area contributed by atoms with Crippen molar-refractivity contribution < 1.29 is 4.74 Å². The fourth-order valence-corrected chi connectivity index (χ4v) is 2.71. The average Bonchev–Trinajstić information content (AvgIpc) is 2.42. The Bertz CT molecular complexity index is 398. The molecule has 1 aromatic carbocycles. The lowest BCUT2D eigenvalue weighted by molar-refractivity contribution is 0.0831. The molecule has 2 unspecified atom stereocenters. The molecule has 20 heavy (non-hydrogen) atoms. The predicted molar refractivity (Wildman–Crippen MR) is 86.2 cm³/mol. The van der Waals surface area contributed by atoms with Crippen molar-refractivity contribution in [3.8, 4) is 0 Å². The van der Waals surface area contributed by atoms with Gasteiger partial charge in [0.2, 0.25) is 0 Å². The smallest absolute Gasteiger partial charge is 0.0590 e. The Morgan fingerprint density at radius 3 is 2.55 bits per heavy atom. The molecule has 0 spiro atoms. The van der Waals surface area contributed by atoms with Gasteiger partial charge in [0.05, 0.1) is 12.6 Å². The van der Waals surface area contributed by atoms with Crippen LogP contribution in [0, 0.1) is 0 Å². The number of rotatable bonds is 8. The van der Waals surface area contributed by atoms with Crippen LogP contribution in [-0.4, -0.2) is 37.2 Å². The lowest BCUT2D eigenvalue weighted by Gasteiger charge is -2.38. The first kappa shape index (κ1) is 17.4. The van der Waals surface area contributed by atoms with Crippen molar-refractivity contribution in [3.05, 3.63) is 34.9 Å². The Hall–Kier alpha value is -0.610. The summed E-state index contributed by atoms with van der Waals surface area (Å²) in [6.45, 7) is 8.06. The second-order valence-corrected chi connectivity index (χ2v) is 5.83. The van der Waals surface area contributed by atoms with E-state index in [0.29, 0.717) is 12.6 Å². The van der Waals surface area contributed by atoms with E-state index in [4.69, 9.17) is 22.1 Å². The highest BCUT2D eigenvalue weighted by atomic mass is 35.5. The average molecular weight is 299 g/mol. The molecule has 4 heteroatoms. The SMILES string of the molecule is CCC(N)C(c1cccc(Cl)c1)N(CCOC)C(C)C. The van der Waals surface area contributed by atoms with Crippen LogP contribution >= 0.6 is 11.6 Å². The van der Waals surface area contributed by atoms with Gasteiger partial charge in [0.15, 0.2) is 0 Å². The number of halogens is 1. The van der Waals surface area contributed by atoms with Crippen LogP contribution in [0.15, 0.2) is 24.3 Å². The first-order chi connectivity index (χ1) is 9.51. The zero-order chi connectivity index (χ0) is 15.1. The number of nitrogens with zero attached hydrogens (tertiary/aromatic N) is 1. The van der Waals surface area contributed by atoms with Crippen LogP contribution in [0.5, 0.6) is 0 Å². The highest BCUT2D eigenvalue weighted by Crippen LogP contribution is 2.28. The molecule has 0 radical (unpaired) electrons. The van der Waals surface area contributed by atoms with Gasteiger partial charge in [0.1, 0.15) is 0 Å². The van der Waals surface area contributed by atoms with Crippen LogP contribution in [0.4, 0.5) is 0 Å². The topological polar surface area (TPSA) is 38.5 Å². The van der Waals surface area contributed by atoms with Crippen LogP contribution in [0.1, 0.15) is 38.8 Å². The van der Waals surface area contributed by atoms with Gasteiger partial charge in [-0.15, -0.1) is 0 Å². The summed E-state index contributed by atoms with van der Waals surface area (Å²) in [5.41, 5.74) is 7.56. The Balaban J connectivity index is 3.08. The molecule has 0 aromatic heterocycles. The lowest BCUT2D eigenvalue weighted by atomic mass is 9.95. The van der Waals surface area contributed by atoms with Crippen LogP contribution < -0.4 is 5.73 Å². The van der Waals surface area contributed by atoms with E-state index in [1.54, 1.807) is 7.11 Å². The molecule has 0 fully saturated rings. The van der Waals surface area contributed by atoms with Crippen molar-refractivity contribution in [2.75, 3.05) is 20.3 Å². The Labute approximate surface area is 128 Å². The first-order valence-corrected chi connectivity index (χ1v) is 7.64. The largest absolute Gasteiger partial charge is 0.383 e. The minimum atomic E-state index is 0.0766. The van der Waals surface area contributed by atoms with Gasteiger partial charge < -0.3 is 10.5 Å². The quantitative estimate of drug-likeness (QED) is 0.798. The first-order valence-electron chi connectivity index (χ1n) is 7.27. The zero-order valence-electron chi connectivity index (χ0n) is 13.0. The Morgan fingerprint density at radius 2 is 2.05 bits per heavy atom. The molecule has 0 aliphatic carbocycles. The maximum absolute atomic E-state index is 6.38. The van der Waals surface area contributed by atoms with Gasteiger partial charge in [-0.3, -0.25) is 4.90 Å². The molecule has 0 saturated heterocycles. The molecule has 0 aliphatic rings. The number of hydrogen-bond acceptors (Lipinski definition) is 3. The van der Waals surface area contributed by atoms with Gasteiger partial charge >= 0.3 is 0 Å².